The molecule has 0 saturated carbocycles. The first kappa shape index (κ1) is 16.6. The molecule has 1 aromatic carbocycles. The first-order chi connectivity index (χ1) is 12.5. The summed E-state index contributed by atoms with van der Waals surface area (Å²) < 4.78 is 3.36. The van der Waals surface area contributed by atoms with E-state index in [0.717, 1.165) is 31.0 Å². The molecular formula is C19H23N5O2. The smallest absolute Gasteiger partial charge is 0.329 e. The van der Waals surface area contributed by atoms with Crippen LogP contribution in [0, 0.1) is 5.92 Å². The number of anilines is 1. The van der Waals surface area contributed by atoms with E-state index >= 15 is 0 Å². The van der Waals surface area contributed by atoms with Gasteiger partial charge < -0.3 is 4.90 Å². The van der Waals surface area contributed by atoms with Gasteiger partial charge in [0.1, 0.15) is 0 Å². The molecule has 1 aliphatic heterocycles. The molecule has 136 valence electrons. The number of nitrogens with zero attached hydrogens (tertiary/aromatic N) is 4. The largest absolute Gasteiger partial charge is 0.342 e. The van der Waals surface area contributed by atoms with E-state index in [2.05, 4.69) is 16.8 Å². The van der Waals surface area contributed by atoms with Gasteiger partial charge in [0.15, 0.2) is 11.2 Å². The molecule has 4 rings (SSSR count). The van der Waals surface area contributed by atoms with Crippen molar-refractivity contribution in [3.05, 3.63) is 56.7 Å². The van der Waals surface area contributed by atoms with Gasteiger partial charge in [-0.2, -0.15) is 4.98 Å². The highest BCUT2D eigenvalue weighted by molar-refractivity contribution is 5.74. The van der Waals surface area contributed by atoms with Gasteiger partial charge in [-0.1, -0.05) is 37.3 Å². The number of aromatic amines is 1. The summed E-state index contributed by atoms with van der Waals surface area (Å²) in [4.78, 5) is 33.9. The van der Waals surface area contributed by atoms with E-state index in [4.69, 9.17) is 4.98 Å². The van der Waals surface area contributed by atoms with Crippen LogP contribution in [0.3, 0.4) is 0 Å². The Balaban J connectivity index is 1.93. The fourth-order valence-corrected chi connectivity index (χ4v) is 3.75. The normalized spacial score (nSPS) is 17.8. The SMILES string of the molecule is C[C@H]1CCCN(c2nc3c(c(=O)[nH]c(=O)n3C)n2Cc2ccccc2)C1. The van der Waals surface area contributed by atoms with Gasteiger partial charge in [0, 0.05) is 20.1 Å². The molecule has 7 heteroatoms. The maximum atomic E-state index is 12.6. The Hall–Kier alpha value is -2.83. The molecule has 3 aromatic rings. The molecule has 1 saturated heterocycles. The summed E-state index contributed by atoms with van der Waals surface area (Å²) in [5.74, 6) is 1.35. The predicted molar refractivity (Wildman–Crippen MR) is 102 cm³/mol. The van der Waals surface area contributed by atoms with Gasteiger partial charge in [-0.25, -0.2) is 4.79 Å². The quantitative estimate of drug-likeness (QED) is 0.778. The lowest BCUT2D eigenvalue weighted by Gasteiger charge is -2.32. The number of hydrogen-bond donors (Lipinski definition) is 1. The highest BCUT2D eigenvalue weighted by Gasteiger charge is 2.24. The van der Waals surface area contributed by atoms with Gasteiger partial charge >= 0.3 is 5.69 Å². The third-order valence-corrected chi connectivity index (χ3v) is 5.11. The van der Waals surface area contributed by atoms with Crippen LogP contribution in [0.5, 0.6) is 0 Å². The Morgan fingerprint density at radius 2 is 2.00 bits per heavy atom. The molecule has 0 bridgehead atoms. The van der Waals surface area contributed by atoms with Gasteiger partial charge in [0.25, 0.3) is 5.56 Å². The van der Waals surface area contributed by atoms with Crippen LogP contribution >= 0.6 is 0 Å². The zero-order valence-corrected chi connectivity index (χ0v) is 15.1. The van der Waals surface area contributed by atoms with Crippen LogP contribution in [0.1, 0.15) is 25.3 Å². The van der Waals surface area contributed by atoms with Gasteiger partial charge in [-0.3, -0.25) is 18.9 Å². The summed E-state index contributed by atoms with van der Waals surface area (Å²) in [6.07, 6.45) is 2.31. The Morgan fingerprint density at radius 3 is 2.73 bits per heavy atom. The van der Waals surface area contributed by atoms with Crippen LogP contribution < -0.4 is 16.1 Å². The second kappa shape index (κ2) is 6.48. The molecule has 1 aliphatic rings. The number of hydrogen-bond acceptors (Lipinski definition) is 4. The van der Waals surface area contributed by atoms with E-state index in [1.807, 2.05) is 34.9 Å². The molecule has 0 radical (unpaired) electrons. The van der Waals surface area contributed by atoms with Crippen molar-refractivity contribution in [1.29, 1.82) is 0 Å². The molecule has 1 fully saturated rings. The van der Waals surface area contributed by atoms with Crippen molar-refractivity contribution in [1.82, 2.24) is 19.1 Å². The number of imidazole rings is 1. The van der Waals surface area contributed by atoms with Crippen LogP contribution in [0.4, 0.5) is 5.95 Å². The van der Waals surface area contributed by atoms with Crippen molar-refractivity contribution >= 4 is 17.1 Å². The predicted octanol–water partition coefficient (Wildman–Crippen LogP) is 1.71. The number of H-pyrrole nitrogens is 1. The van der Waals surface area contributed by atoms with E-state index in [1.165, 1.54) is 11.0 Å². The summed E-state index contributed by atoms with van der Waals surface area (Å²) in [7, 11) is 1.64. The van der Waals surface area contributed by atoms with Crippen LogP contribution in [-0.2, 0) is 13.6 Å². The summed E-state index contributed by atoms with van der Waals surface area (Å²) in [6.45, 7) is 4.59. The minimum Gasteiger partial charge on any atom is -0.342 e. The second-order valence-electron chi connectivity index (χ2n) is 7.17. The Bertz CT molecular complexity index is 1050. The van der Waals surface area contributed by atoms with Crippen molar-refractivity contribution in [2.45, 2.75) is 26.3 Å². The fraction of sp³-hybridized carbons (Fsp3) is 0.421. The maximum absolute atomic E-state index is 12.6. The van der Waals surface area contributed by atoms with Gasteiger partial charge in [-0.15, -0.1) is 0 Å². The first-order valence-corrected chi connectivity index (χ1v) is 9.03. The number of aromatic nitrogens is 4. The van der Waals surface area contributed by atoms with Crippen molar-refractivity contribution < 1.29 is 0 Å². The molecule has 1 N–H and O–H groups in total. The second-order valence-corrected chi connectivity index (χ2v) is 7.17. The van der Waals surface area contributed by atoms with Crippen LogP contribution in [0.25, 0.3) is 11.2 Å². The monoisotopic (exact) mass is 353 g/mol. The van der Waals surface area contributed by atoms with Crippen LogP contribution in [-0.4, -0.2) is 32.2 Å². The van der Waals surface area contributed by atoms with Gasteiger partial charge in [0.05, 0.1) is 6.54 Å². The fourth-order valence-electron chi connectivity index (χ4n) is 3.75. The average Bonchev–Trinajstić information content (AvgIpc) is 3.01. The zero-order chi connectivity index (χ0) is 18.3. The minimum atomic E-state index is -0.439. The van der Waals surface area contributed by atoms with E-state index < -0.39 is 5.69 Å². The third kappa shape index (κ3) is 2.83. The molecular weight excluding hydrogens is 330 g/mol. The maximum Gasteiger partial charge on any atom is 0.329 e. The topological polar surface area (TPSA) is 75.9 Å². The van der Waals surface area contributed by atoms with Crippen LogP contribution in [0.2, 0.25) is 0 Å². The summed E-state index contributed by atoms with van der Waals surface area (Å²) in [6, 6.07) is 10.0. The molecule has 7 nitrogen and oxygen atoms in total. The molecule has 1 atom stereocenters. The lowest BCUT2D eigenvalue weighted by atomic mass is 10.0. The zero-order valence-electron chi connectivity index (χ0n) is 15.1. The minimum absolute atomic E-state index is 0.386. The number of fused-ring (bicyclic) bond motifs is 1. The van der Waals surface area contributed by atoms with Crippen molar-refractivity contribution in [2.75, 3.05) is 18.0 Å². The summed E-state index contributed by atoms with van der Waals surface area (Å²) >= 11 is 0. The molecule has 26 heavy (non-hydrogen) atoms. The lowest BCUT2D eigenvalue weighted by Crippen LogP contribution is -2.36. The average molecular weight is 353 g/mol. The van der Waals surface area contributed by atoms with Gasteiger partial charge in [0.2, 0.25) is 5.95 Å². The molecule has 0 amide bonds. The summed E-state index contributed by atoms with van der Waals surface area (Å²) in [5, 5.41) is 0. The molecule has 2 aromatic heterocycles. The molecule has 0 spiro atoms. The number of piperidine rings is 1. The highest BCUT2D eigenvalue weighted by Crippen LogP contribution is 2.25. The molecule has 0 aliphatic carbocycles. The summed E-state index contributed by atoms with van der Waals surface area (Å²) in [5.41, 5.74) is 1.15. The Kier molecular flexibility index (Phi) is 4.14. The van der Waals surface area contributed by atoms with E-state index in [1.54, 1.807) is 7.05 Å². The van der Waals surface area contributed by atoms with Gasteiger partial charge in [-0.05, 0) is 24.3 Å². The number of aryl methyl sites for hydroxylation is 1. The Morgan fingerprint density at radius 1 is 1.23 bits per heavy atom. The lowest BCUT2D eigenvalue weighted by molar-refractivity contribution is 0.439. The van der Waals surface area contributed by atoms with Crippen molar-refractivity contribution in [2.24, 2.45) is 13.0 Å². The third-order valence-electron chi connectivity index (χ3n) is 5.11. The van der Waals surface area contributed by atoms with Crippen LogP contribution in [0.15, 0.2) is 39.9 Å². The van der Waals surface area contributed by atoms with E-state index in [9.17, 15) is 9.59 Å². The van der Waals surface area contributed by atoms with E-state index in [0.29, 0.717) is 23.6 Å². The highest BCUT2D eigenvalue weighted by atomic mass is 16.2. The Labute approximate surface area is 150 Å². The van der Waals surface area contributed by atoms with E-state index in [-0.39, 0.29) is 5.56 Å². The van der Waals surface area contributed by atoms with Crippen molar-refractivity contribution in [3.63, 3.8) is 0 Å². The standard InChI is InChI=1S/C19H23N5O2/c1-13-7-6-10-23(11-13)18-20-16-15(17(25)21-19(26)22(16)2)24(18)12-14-8-4-3-5-9-14/h3-5,8-9,13H,6-7,10-12H2,1-2H3,(H,21,25,26)/t13-/m0/s1. The first-order valence-electron chi connectivity index (χ1n) is 9.03. The molecule has 3 heterocycles. The molecule has 0 unspecified atom stereocenters. The number of benzene rings is 1. The van der Waals surface area contributed by atoms with Crippen molar-refractivity contribution in [3.8, 4) is 0 Å². The number of nitrogens with one attached hydrogen (secondary N) is 1. The number of rotatable bonds is 3.